The third-order valence-electron chi connectivity index (χ3n) is 2.74. The van der Waals surface area contributed by atoms with Crippen LogP contribution in [0.1, 0.15) is 18.5 Å². The van der Waals surface area contributed by atoms with Crippen LogP contribution in [0, 0.1) is 0 Å². The van der Waals surface area contributed by atoms with Crippen LogP contribution < -0.4 is 10.5 Å². The van der Waals surface area contributed by atoms with Gasteiger partial charge in [0.25, 0.3) is 0 Å². The lowest BCUT2D eigenvalue weighted by Gasteiger charge is -2.16. The minimum Gasteiger partial charge on any atom is -0.494 e. The highest BCUT2D eigenvalue weighted by molar-refractivity contribution is 7.99. The lowest BCUT2D eigenvalue weighted by Crippen LogP contribution is -2.14. The van der Waals surface area contributed by atoms with Gasteiger partial charge in [-0.1, -0.05) is 29.8 Å². The summed E-state index contributed by atoms with van der Waals surface area (Å²) >= 11 is 7.64. The van der Waals surface area contributed by atoms with Crippen molar-refractivity contribution in [2.24, 2.45) is 5.73 Å². The van der Waals surface area contributed by atoms with Crippen molar-refractivity contribution in [3.05, 3.63) is 53.2 Å². The first-order chi connectivity index (χ1) is 9.72. The molecule has 2 rings (SSSR count). The van der Waals surface area contributed by atoms with Crippen LogP contribution in [0.15, 0.2) is 47.6 Å². The molecule has 0 bridgehead atoms. The van der Waals surface area contributed by atoms with Crippen LogP contribution in [0.25, 0.3) is 0 Å². The molecule has 0 aliphatic carbocycles. The number of hydrogen-bond donors (Lipinski definition) is 1. The van der Waals surface area contributed by atoms with Crippen molar-refractivity contribution >= 4 is 23.4 Å². The first-order valence-corrected chi connectivity index (χ1v) is 7.79. The van der Waals surface area contributed by atoms with Crippen LogP contribution in [0.3, 0.4) is 0 Å². The van der Waals surface area contributed by atoms with Gasteiger partial charge < -0.3 is 10.5 Å². The zero-order valence-corrected chi connectivity index (χ0v) is 12.8. The minimum atomic E-state index is -0.124. The summed E-state index contributed by atoms with van der Waals surface area (Å²) in [6.45, 7) is 2.59. The van der Waals surface area contributed by atoms with E-state index < -0.39 is 0 Å². The topological polar surface area (TPSA) is 48.1 Å². The summed E-state index contributed by atoms with van der Waals surface area (Å²) in [5.41, 5.74) is 7.26. The summed E-state index contributed by atoms with van der Waals surface area (Å²) in [4.78, 5) is 4.25. The summed E-state index contributed by atoms with van der Waals surface area (Å²) in [7, 11) is 0. The molecule has 1 unspecified atom stereocenters. The summed E-state index contributed by atoms with van der Waals surface area (Å²) in [5.74, 6) is 1.54. The van der Waals surface area contributed by atoms with Gasteiger partial charge in [-0.15, -0.1) is 11.8 Å². The van der Waals surface area contributed by atoms with Gasteiger partial charge in [0.1, 0.15) is 10.8 Å². The van der Waals surface area contributed by atoms with Crippen molar-refractivity contribution in [2.75, 3.05) is 12.4 Å². The van der Waals surface area contributed by atoms with E-state index in [1.54, 1.807) is 18.0 Å². The smallest absolute Gasteiger partial charge is 0.124 e. The lowest BCUT2D eigenvalue weighted by atomic mass is 10.1. The van der Waals surface area contributed by atoms with Crippen LogP contribution in [-0.2, 0) is 0 Å². The molecule has 3 nitrogen and oxygen atoms in total. The average Bonchev–Trinajstić information content (AvgIpc) is 2.47. The molecular weight excluding hydrogens is 292 g/mol. The molecule has 1 aromatic heterocycles. The zero-order valence-electron chi connectivity index (χ0n) is 11.3. The number of nitrogens with zero attached hydrogens (tertiary/aromatic N) is 1. The number of benzene rings is 1. The molecule has 20 heavy (non-hydrogen) atoms. The molecule has 0 saturated carbocycles. The van der Waals surface area contributed by atoms with Gasteiger partial charge in [-0.25, -0.2) is 4.98 Å². The minimum absolute atomic E-state index is 0.124. The van der Waals surface area contributed by atoms with E-state index in [1.807, 2.05) is 43.3 Å². The van der Waals surface area contributed by atoms with Crippen molar-refractivity contribution in [1.29, 1.82) is 0 Å². The van der Waals surface area contributed by atoms with E-state index >= 15 is 0 Å². The number of thioether (sulfide) groups is 1. The number of nitrogens with two attached hydrogens (primary N) is 1. The Morgan fingerprint density at radius 2 is 2.10 bits per heavy atom. The Morgan fingerprint density at radius 3 is 2.85 bits per heavy atom. The summed E-state index contributed by atoms with van der Waals surface area (Å²) in [6.07, 6.45) is 1.73. The van der Waals surface area contributed by atoms with Gasteiger partial charge in [0.05, 0.1) is 11.6 Å². The highest BCUT2D eigenvalue weighted by Crippen LogP contribution is 2.30. The van der Waals surface area contributed by atoms with Crippen LogP contribution in [0.5, 0.6) is 5.75 Å². The second-order valence-corrected chi connectivity index (χ2v) is 5.59. The molecule has 1 heterocycles. The van der Waals surface area contributed by atoms with Gasteiger partial charge in [0, 0.05) is 23.6 Å². The largest absolute Gasteiger partial charge is 0.494 e. The molecule has 0 aliphatic rings. The van der Waals surface area contributed by atoms with E-state index in [0.29, 0.717) is 17.4 Å². The molecule has 2 N–H and O–H groups in total. The van der Waals surface area contributed by atoms with E-state index in [-0.39, 0.29) is 6.04 Å². The molecule has 5 heteroatoms. The Balaban J connectivity index is 2.05. The molecule has 0 fully saturated rings. The SMILES string of the molecule is CCOc1ccccc1C(N)CSc1ncccc1Cl. The van der Waals surface area contributed by atoms with E-state index in [2.05, 4.69) is 4.98 Å². The number of halogens is 1. The highest BCUT2D eigenvalue weighted by Gasteiger charge is 2.13. The van der Waals surface area contributed by atoms with Crippen LogP contribution in [-0.4, -0.2) is 17.3 Å². The zero-order chi connectivity index (χ0) is 14.4. The number of ether oxygens (including phenoxy) is 1. The monoisotopic (exact) mass is 308 g/mol. The van der Waals surface area contributed by atoms with Gasteiger partial charge in [-0.2, -0.15) is 0 Å². The molecule has 106 valence electrons. The molecular formula is C15H17ClN2OS. The first-order valence-electron chi connectivity index (χ1n) is 6.43. The molecule has 1 atom stereocenters. The number of pyridine rings is 1. The van der Waals surface area contributed by atoms with Crippen molar-refractivity contribution in [3.8, 4) is 5.75 Å². The fraction of sp³-hybridized carbons (Fsp3) is 0.267. The Bertz CT molecular complexity index is 565. The molecule has 0 spiro atoms. The Labute approximate surface area is 128 Å². The van der Waals surface area contributed by atoms with Gasteiger partial charge in [0.15, 0.2) is 0 Å². The maximum atomic E-state index is 6.25. The predicted octanol–water partition coefficient (Wildman–Crippen LogP) is 3.93. The van der Waals surface area contributed by atoms with Gasteiger partial charge in [0.2, 0.25) is 0 Å². The number of hydrogen-bond acceptors (Lipinski definition) is 4. The van der Waals surface area contributed by atoms with Crippen molar-refractivity contribution in [2.45, 2.75) is 18.0 Å². The third-order valence-corrected chi connectivity index (χ3v) is 4.28. The van der Waals surface area contributed by atoms with Crippen LogP contribution in [0.2, 0.25) is 5.02 Å². The summed E-state index contributed by atoms with van der Waals surface area (Å²) in [5, 5.41) is 1.46. The quantitative estimate of drug-likeness (QED) is 0.822. The highest BCUT2D eigenvalue weighted by atomic mass is 35.5. The molecule has 1 aromatic carbocycles. The normalized spacial score (nSPS) is 12.2. The fourth-order valence-electron chi connectivity index (χ4n) is 1.81. The van der Waals surface area contributed by atoms with Crippen molar-refractivity contribution < 1.29 is 4.74 Å². The second-order valence-electron chi connectivity index (χ2n) is 4.18. The maximum Gasteiger partial charge on any atom is 0.124 e. The number of para-hydroxylation sites is 1. The van der Waals surface area contributed by atoms with E-state index in [1.165, 1.54) is 0 Å². The average molecular weight is 309 g/mol. The fourth-order valence-corrected chi connectivity index (χ4v) is 2.95. The Kier molecular flexibility index (Phi) is 5.71. The number of aromatic nitrogens is 1. The van der Waals surface area contributed by atoms with Crippen LogP contribution >= 0.6 is 23.4 Å². The van der Waals surface area contributed by atoms with E-state index in [9.17, 15) is 0 Å². The van der Waals surface area contributed by atoms with E-state index in [0.717, 1.165) is 16.3 Å². The van der Waals surface area contributed by atoms with Crippen LogP contribution in [0.4, 0.5) is 0 Å². The molecule has 0 saturated heterocycles. The Hall–Kier alpha value is -1.23. The first kappa shape index (κ1) is 15.2. The predicted molar refractivity (Wildman–Crippen MR) is 84.5 cm³/mol. The summed E-state index contributed by atoms with van der Waals surface area (Å²) < 4.78 is 5.60. The van der Waals surface area contributed by atoms with E-state index in [4.69, 9.17) is 22.1 Å². The molecule has 0 amide bonds. The van der Waals surface area contributed by atoms with Crippen molar-refractivity contribution in [1.82, 2.24) is 4.98 Å². The third kappa shape index (κ3) is 3.88. The lowest BCUT2D eigenvalue weighted by molar-refractivity contribution is 0.335. The molecule has 0 radical (unpaired) electrons. The van der Waals surface area contributed by atoms with Crippen molar-refractivity contribution in [3.63, 3.8) is 0 Å². The number of rotatable bonds is 6. The molecule has 2 aromatic rings. The van der Waals surface area contributed by atoms with Gasteiger partial charge in [-0.05, 0) is 25.1 Å². The Morgan fingerprint density at radius 1 is 1.30 bits per heavy atom. The van der Waals surface area contributed by atoms with Gasteiger partial charge in [-0.3, -0.25) is 0 Å². The molecule has 0 aliphatic heterocycles. The second kappa shape index (κ2) is 7.53. The van der Waals surface area contributed by atoms with Gasteiger partial charge >= 0.3 is 0 Å². The standard InChI is InChI=1S/C15H17ClN2OS/c1-2-19-14-8-4-3-6-11(14)13(17)10-20-15-12(16)7-5-9-18-15/h3-9,13H,2,10,17H2,1H3. The maximum absolute atomic E-state index is 6.25. The summed E-state index contributed by atoms with van der Waals surface area (Å²) in [6, 6.07) is 11.4.